The number of hydrogen-bond donors (Lipinski definition) is 0. The van der Waals surface area contributed by atoms with Crippen molar-refractivity contribution in [1.82, 2.24) is 4.90 Å². The molecule has 0 unspecified atom stereocenters. The van der Waals surface area contributed by atoms with E-state index in [4.69, 9.17) is 9.47 Å². The Morgan fingerprint density at radius 2 is 1.76 bits per heavy atom. The molecule has 2 amide bonds. The van der Waals surface area contributed by atoms with Gasteiger partial charge in [-0.15, -0.1) is 11.3 Å². The van der Waals surface area contributed by atoms with Crippen molar-refractivity contribution in [2.24, 2.45) is 23.2 Å². The SMILES string of the molecule is COC(=O)c1sc(C#CC(C)(C)C)cc1N(C(=O)C1CCC(C)CC1)[C@H](C(=O)N1CCOCC1)C(C)C. The molecule has 2 aliphatic rings. The zero-order chi connectivity index (χ0) is 27.3. The second kappa shape index (κ2) is 12.4. The van der Waals surface area contributed by atoms with Crippen LogP contribution in [-0.2, 0) is 19.1 Å². The molecule has 1 saturated carbocycles. The molecule has 0 N–H and O–H groups in total. The Kier molecular flexibility index (Phi) is 9.82. The van der Waals surface area contributed by atoms with Crippen LogP contribution in [0.1, 0.15) is 81.8 Å². The predicted molar refractivity (Wildman–Crippen MR) is 147 cm³/mol. The van der Waals surface area contributed by atoms with Gasteiger partial charge in [0.2, 0.25) is 11.8 Å². The number of ether oxygens (including phenoxy) is 2. The molecule has 1 saturated heterocycles. The molecule has 2 heterocycles. The van der Waals surface area contributed by atoms with Crippen LogP contribution in [0, 0.1) is 35.0 Å². The number of morpholine rings is 1. The molecular formula is C29H42N2O5S. The van der Waals surface area contributed by atoms with E-state index in [1.165, 1.54) is 18.4 Å². The minimum atomic E-state index is -0.744. The number of thiophene rings is 1. The molecule has 0 aromatic carbocycles. The lowest BCUT2D eigenvalue weighted by atomic mass is 9.81. The maximum Gasteiger partial charge on any atom is 0.350 e. The predicted octanol–water partition coefficient (Wildman–Crippen LogP) is 4.98. The molecule has 1 aromatic heterocycles. The highest BCUT2D eigenvalue weighted by atomic mass is 32.1. The van der Waals surface area contributed by atoms with Gasteiger partial charge in [-0.25, -0.2) is 4.79 Å². The highest BCUT2D eigenvalue weighted by molar-refractivity contribution is 7.15. The van der Waals surface area contributed by atoms with Crippen LogP contribution in [0.4, 0.5) is 5.69 Å². The number of carbonyl (C=O) groups is 3. The maximum absolute atomic E-state index is 14.3. The smallest absolute Gasteiger partial charge is 0.350 e. The summed E-state index contributed by atoms with van der Waals surface area (Å²) in [5.74, 6) is 5.88. The van der Waals surface area contributed by atoms with E-state index < -0.39 is 12.0 Å². The number of esters is 1. The second-order valence-electron chi connectivity index (χ2n) is 11.6. The molecule has 0 spiro atoms. The Morgan fingerprint density at radius 1 is 1.14 bits per heavy atom. The van der Waals surface area contributed by atoms with Gasteiger partial charge in [0.15, 0.2) is 0 Å². The Bertz CT molecular complexity index is 1030. The van der Waals surface area contributed by atoms with Gasteiger partial charge >= 0.3 is 5.97 Å². The summed E-state index contributed by atoms with van der Waals surface area (Å²) < 4.78 is 10.6. The topological polar surface area (TPSA) is 76.2 Å². The Morgan fingerprint density at radius 3 is 2.30 bits per heavy atom. The summed E-state index contributed by atoms with van der Waals surface area (Å²) in [7, 11) is 1.33. The Hall–Kier alpha value is -2.37. The molecule has 37 heavy (non-hydrogen) atoms. The molecule has 3 rings (SSSR count). The quantitative estimate of drug-likeness (QED) is 0.383. The van der Waals surface area contributed by atoms with Crippen molar-refractivity contribution in [3.8, 4) is 11.8 Å². The van der Waals surface area contributed by atoms with E-state index in [0.29, 0.717) is 47.7 Å². The van der Waals surface area contributed by atoms with Crippen LogP contribution >= 0.6 is 11.3 Å². The third-order valence-corrected chi connectivity index (χ3v) is 8.01. The lowest BCUT2D eigenvalue weighted by Gasteiger charge is -2.40. The molecule has 1 aliphatic heterocycles. The van der Waals surface area contributed by atoms with Crippen molar-refractivity contribution in [2.45, 2.75) is 73.3 Å². The number of hydrogen-bond acceptors (Lipinski definition) is 6. The third-order valence-electron chi connectivity index (χ3n) is 6.99. The standard InChI is InChI=1S/C29H42N2O5S/c1-19(2)24(27(33)30-14-16-36-17-15-30)31(26(32)21-10-8-20(3)9-11-21)23-18-22(12-13-29(4,5)6)37-25(23)28(34)35-7/h18-21,24H,8-11,14-17H2,1-7H3/t20?,21?,24-/m0/s1. The van der Waals surface area contributed by atoms with Crippen molar-refractivity contribution >= 4 is 34.8 Å². The molecule has 0 radical (unpaired) electrons. The first-order valence-electron chi connectivity index (χ1n) is 13.4. The summed E-state index contributed by atoms with van der Waals surface area (Å²) in [6, 6.07) is 1.05. The van der Waals surface area contributed by atoms with Crippen LogP contribution in [0.15, 0.2) is 6.07 Å². The van der Waals surface area contributed by atoms with Gasteiger partial charge in [-0.05, 0) is 64.4 Å². The van der Waals surface area contributed by atoms with Crippen molar-refractivity contribution in [2.75, 3.05) is 38.3 Å². The fraction of sp³-hybridized carbons (Fsp3) is 0.690. The van der Waals surface area contributed by atoms with Gasteiger partial charge in [-0.2, -0.15) is 0 Å². The first kappa shape index (κ1) is 29.2. The summed E-state index contributed by atoms with van der Waals surface area (Å²) in [6.45, 7) is 14.1. The number of methoxy groups -OCH3 is 1. The highest BCUT2D eigenvalue weighted by Crippen LogP contribution is 2.38. The monoisotopic (exact) mass is 530 g/mol. The first-order chi connectivity index (χ1) is 17.4. The minimum absolute atomic E-state index is 0.0921. The van der Waals surface area contributed by atoms with E-state index in [0.717, 1.165) is 25.7 Å². The number of amides is 2. The van der Waals surface area contributed by atoms with Crippen LogP contribution in [0.5, 0.6) is 0 Å². The molecule has 1 aromatic rings. The average molecular weight is 531 g/mol. The highest BCUT2D eigenvalue weighted by Gasteiger charge is 2.42. The molecule has 0 bridgehead atoms. The van der Waals surface area contributed by atoms with Gasteiger partial charge in [0.1, 0.15) is 10.9 Å². The molecule has 1 atom stereocenters. The van der Waals surface area contributed by atoms with Gasteiger partial charge < -0.3 is 14.4 Å². The number of anilines is 1. The van der Waals surface area contributed by atoms with E-state index in [1.54, 1.807) is 15.9 Å². The van der Waals surface area contributed by atoms with Crippen LogP contribution in [0.3, 0.4) is 0 Å². The molecule has 1 aliphatic carbocycles. The summed E-state index contributed by atoms with van der Waals surface area (Å²) in [6.07, 6.45) is 3.51. The normalized spacial score (nSPS) is 21.1. The zero-order valence-electron chi connectivity index (χ0n) is 23.4. The molecule has 8 heteroatoms. The minimum Gasteiger partial charge on any atom is -0.465 e. The number of rotatable bonds is 6. The van der Waals surface area contributed by atoms with Gasteiger partial charge in [0.05, 0.1) is 30.9 Å². The van der Waals surface area contributed by atoms with E-state index in [2.05, 4.69) is 18.8 Å². The molecule has 7 nitrogen and oxygen atoms in total. The van der Waals surface area contributed by atoms with E-state index in [-0.39, 0.29) is 29.1 Å². The Labute approximate surface area is 225 Å². The maximum atomic E-state index is 14.3. The van der Waals surface area contributed by atoms with E-state index >= 15 is 0 Å². The van der Waals surface area contributed by atoms with Crippen molar-refractivity contribution in [3.63, 3.8) is 0 Å². The second-order valence-corrected chi connectivity index (χ2v) is 12.7. The van der Waals surface area contributed by atoms with E-state index in [9.17, 15) is 14.4 Å². The molecule has 2 fully saturated rings. The third kappa shape index (κ3) is 7.36. The zero-order valence-corrected chi connectivity index (χ0v) is 24.2. The Balaban J connectivity index is 2.14. The summed E-state index contributed by atoms with van der Waals surface area (Å²) in [5, 5.41) is 0. The van der Waals surface area contributed by atoms with Gasteiger partial charge in [-0.1, -0.05) is 32.6 Å². The van der Waals surface area contributed by atoms with Crippen LogP contribution in [0.2, 0.25) is 0 Å². The summed E-state index contributed by atoms with van der Waals surface area (Å²) >= 11 is 1.22. The van der Waals surface area contributed by atoms with Gasteiger partial charge in [0.25, 0.3) is 0 Å². The summed E-state index contributed by atoms with van der Waals surface area (Å²) in [4.78, 5) is 45.5. The average Bonchev–Trinajstić information content (AvgIpc) is 3.29. The van der Waals surface area contributed by atoms with Gasteiger partial charge in [0, 0.05) is 24.4 Å². The van der Waals surface area contributed by atoms with Crippen molar-refractivity contribution in [3.05, 3.63) is 15.8 Å². The first-order valence-corrected chi connectivity index (χ1v) is 14.2. The molecule has 204 valence electrons. The van der Waals surface area contributed by atoms with Crippen LogP contribution < -0.4 is 4.90 Å². The fourth-order valence-electron chi connectivity index (χ4n) is 4.88. The van der Waals surface area contributed by atoms with Crippen molar-refractivity contribution in [1.29, 1.82) is 0 Å². The lowest BCUT2D eigenvalue weighted by Crippen LogP contribution is -2.57. The van der Waals surface area contributed by atoms with Crippen molar-refractivity contribution < 1.29 is 23.9 Å². The number of carbonyl (C=O) groups excluding carboxylic acids is 3. The molecular weight excluding hydrogens is 488 g/mol. The summed E-state index contributed by atoms with van der Waals surface area (Å²) in [5.41, 5.74) is 0.204. The largest absolute Gasteiger partial charge is 0.465 e. The van der Waals surface area contributed by atoms with Crippen LogP contribution in [0.25, 0.3) is 0 Å². The van der Waals surface area contributed by atoms with Gasteiger partial charge in [-0.3, -0.25) is 14.5 Å². The fourth-order valence-corrected chi connectivity index (χ4v) is 5.80. The van der Waals surface area contributed by atoms with E-state index in [1.807, 2.05) is 34.6 Å². The number of nitrogens with zero attached hydrogens (tertiary/aromatic N) is 2. The van der Waals surface area contributed by atoms with Crippen LogP contribution in [-0.4, -0.2) is 62.1 Å². The lowest BCUT2D eigenvalue weighted by molar-refractivity contribution is -0.140.